The summed E-state index contributed by atoms with van der Waals surface area (Å²) in [4.78, 5) is 12.7. The van der Waals surface area contributed by atoms with E-state index in [0.29, 0.717) is 26.1 Å². The molecule has 0 amide bonds. The lowest BCUT2D eigenvalue weighted by Gasteiger charge is -2.41. The molecule has 0 spiro atoms. The minimum absolute atomic E-state index is 0.168. The van der Waals surface area contributed by atoms with Crippen molar-refractivity contribution in [3.63, 3.8) is 0 Å². The lowest BCUT2D eigenvalue weighted by Crippen LogP contribution is -2.52. The van der Waals surface area contributed by atoms with E-state index in [4.69, 9.17) is 5.11 Å². The Labute approximate surface area is 103 Å². The van der Waals surface area contributed by atoms with E-state index < -0.39 is 15.8 Å². The van der Waals surface area contributed by atoms with Crippen LogP contribution in [0.5, 0.6) is 0 Å². The van der Waals surface area contributed by atoms with Crippen LogP contribution >= 0.6 is 0 Å². The number of likely N-dealkylation sites (tertiary alicyclic amines) is 1. The van der Waals surface area contributed by atoms with Crippen molar-refractivity contribution in [2.24, 2.45) is 11.8 Å². The molecule has 1 unspecified atom stereocenters. The molecule has 0 aromatic carbocycles. The molecule has 6 heteroatoms. The summed E-state index contributed by atoms with van der Waals surface area (Å²) in [6.45, 7) is 5.50. The Kier molecular flexibility index (Phi) is 4.94. The molecule has 100 valence electrons. The van der Waals surface area contributed by atoms with Crippen LogP contribution in [0, 0.1) is 11.8 Å². The fourth-order valence-electron chi connectivity index (χ4n) is 1.99. The van der Waals surface area contributed by atoms with Gasteiger partial charge in [0.1, 0.15) is 0 Å². The van der Waals surface area contributed by atoms with Crippen molar-refractivity contribution < 1.29 is 18.3 Å². The summed E-state index contributed by atoms with van der Waals surface area (Å²) in [5, 5.41) is 8.82. The van der Waals surface area contributed by atoms with Gasteiger partial charge >= 0.3 is 5.97 Å². The first-order valence-corrected chi connectivity index (χ1v) is 7.83. The number of nitrogens with zero attached hydrogens (tertiary/aromatic N) is 1. The van der Waals surface area contributed by atoms with E-state index in [1.807, 2.05) is 11.8 Å². The molecule has 1 aliphatic heterocycles. The van der Waals surface area contributed by atoms with E-state index in [9.17, 15) is 13.2 Å². The van der Waals surface area contributed by atoms with Crippen LogP contribution in [0.2, 0.25) is 0 Å². The Morgan fingerprint density at radius 3 is 2.47 bits per heavy atom. The molecule has 0 radical (unpaired) electrons. The monoisotopic (exact) mass is 263 g/mol. The highest BCUT2D eigenvalue weighted by atomic mass is 32.2. The third-order valence-corrected chi connectivity index (χ3v) is 5.15. The van der Waals surface area contributed by atoms with Gasteiger partial charge in [-0.05, 0) is 12.3 Å². The van der Waals surface area contributed by atoms with Crippen molar-refractivity contribution in [1.29, 1.82) is 0 Å². The van der Waals surface area contributed by atoms with Crippen LogP contribution in [0.3, 0.4) is 0 Å². The number of carboxylic acid groups (broad SMARTS) is 1. The number of hydrogen-bond donors (Lipinski definition) is 1. The molecule has 0 saturated carbocycles. The Hall–Kier alpha value is -0.620. The highest BCUT2D eigenvalue weighted by Gasteiger charge is 2.34. The Bertz CT molecular complexity index is 360. The summed E-state index contributed by atoms with van der Waals surface area (Å²) in [5.74, 6) is -0.502. The molecule has 0 aromatic rings. The van der Waals surface area contributed by atoms with Crippen LogP contribution in [-0.4, -0.2) is 55.5 Å². The molecule has 1 atom stereocenters. The normalized spacial score (nSPS) is 19.9. The van der Waals surface area contributed by atoms with Gasteiger partial charge in [0, 0.05) is 25.4 Å². The predicted octanol–water partition coefficient (Wildman–Crippen LogP) is 0.464. The summed E-state index contributed by atoms with van der Waals surface area (Å²) in [6, 6.07) is 0. The number of hydrogen-bond acceptors (Lipinski definition) is 4. The van der Waals surface area contributed by atoms with E-state index in [1.165, 1.54) is 0 Å². The first-order valence-electron chi connectivity index (χ1n) is 6.01. The fraction of sp³-hybridized carbons (Fsp3) is 0.909. The average Bonchev–Trinajstić information content (AvgIpc) is 2.14. The van der Waals surface area contributed by atoms with E-state index in [0.717, 1.165) is 0 Å². The van der Waals surface area contributed by atoms with Gasteiger partial charge < -0.3 is 10.0 Å². The minimum Gasteiger partial charge on any atom is -0.481 e. The van der Waals surface area contributed by atoms with Gasteiger partial charge in [0.2, 0.25) is 0 Å². The molecule has 0 aliphatic carbocycles. The van der Waals surface area contributed by atoms with Crippen molar-refractivity contribution in [3.8, 4) is 0 Å². The second kappa shape index (κ2) is 5.82. The maximum Gasteiger partial charge on any atom is 0.306 e. The minimum atomic E-state index is -2.91. The first kappa shape index (κ1) is 14.4. The van der Waals surface area contributed by atoms with Crippen LogP contribution < -0.4 is 0 Å². The van der Waals surface area contributed by atoms with Crippen molar-refractivity contribution in [2.75, 3.05) is 31.1 Å². The third kappa shape index (κ3) is 4.27. The highest BCUT2D eigenvalue weighted by Crippen LogP contribution is 2.23. The molecule has 1 heterocycles. The van der Waals surface area contributed by atoms with Gasteiger partial charge in [0.25, 0.3) is 0 Å². The predicted molar refractivity (Wildman–Crippen MR) is 65.7 cm³/mol. The van der Waals surface area contributed by atoms with Gasteiger partial charge in [-0.15, -0.1) is 0 Å². The molecule has 5 nitrogen and oxygen atoms in total. The second-order valence-electron chi connectivity index (χ2n) is 4.80. The van der Waals surface area contributed by atoms with E-state index in [-0.39, 0.29) is 23.3 Å². The van der Waals surface area contributed by atoms with Crippen LogP contribution in [0.15, 0.2) is 0 Å². The van der Waals surface area contributed by atoms with Crippen LogP contribution in [-0.2, 0) is 14.6 Å². The second-order valence-corrected chi connectivity index (χ2v) is 7.10. The summed E-state index contributed by atoms with van der Waals surface area (Å²) < 4.78 is 23.0. The van der Waals surface area contributed by atoms with Crippen molar-refractivity contribution in [1.82, 2.24) is 4.90 Å². The van der Waals surface area contributed by atoms with E-state index in [1.54, 1.807) is 6.92 Å². The van der Waals surface area contributed by atoms with E-state index >= 15 is 0 Å². The van der Waals surface area contributed by atoms with Crippen molar-refractivity contribution in [3.05, 3.63) is 0 Å². The zero-order valence-electron chi connectivity index (χ0n) is 10.4. The van der Waals surface area contributed by atoms with Gasteiger partial charge in [-0.3, -0.25) is 4.79 Å². The Morgan fingerprint density at radius 2 is 2.00 bits per heavy atom. The van der Waals surface area contributed by atoms with Crippen LogP contribution in [0.1, 0.15) is 20.3 Å². The number of rotatable bonds is 7. The fourth-order valence-corrected chi connectivity index (χ4v) is 3.35. The largest absolute Gasteiger partial charge is 0.481 e. The summed E-state index contributed by atoms with van der Waals surface area (Å²) in [7, 11) is -2.91. The molecular weight excluding hydrogens is 242 g/mol. The quantitative estimate of drug-likeness (QED) is 0.722. The average molecular weight is 263 g/mol. The first-order chi connectivity index (χ1) is 7.85. The molecule has 1 aliphatic rings. The maximum atomic E-state index is 11.5. The summed E-state index contributed by atoms with van der Waals surface area (Å²) in [5.41, 5.74) is 0. The zero-order chi connectivity index (χ0) is 13.1. The van der Waals surface area contributed by atoms with Gasteiger partial charge in [0.05, 0.1) is 11.7 Å². The standard InChI is InChI=1S/C11H21NO4S/c1-3-5-17(15,16)6-4-12-7-10(8-12)9(2)11(13)14/h9-10H,3-8H2,1-2H3,(H,13,14). The number of sulfone groups is 1. The molecule has 1 saturated heterocycles. The van der Waals surface area contributed by atoms with Gasteiger partial charge in [-0.2, -0.15) is 0 Å². The van der Waals surface area contributed by atoms with Crippen molar-refractivity contribution >= 4 is 15.8 Å². The number of carboxylic acids is 1. The van der Waals surface area contributed by atoms with Crippen LogP contribution in [0.25, 0.3) is 0 Å². The lowest BCUT2D eigenvalue weighted by molar-refractivity contribution is -0.145. The maximum absolute atomic E-state index is 11.5. The number of carbonyl (C=O) groups is 1. The Morgan fingerprint density at radius 1 is 1.41 bits per heavy atom. The van der Waals surface area contributed by atoms with Gasteiger partial charge in [-0.1, -0.05) is 13.8 Å². The smallest absolute Gasteiger partial charge is 0.306 e. The molecule has 0 bridgehead atoms. The van der Waals surface area contributed by atoms with Gasteiger partial charge in [0.15, 0.2) is 9.84 Å². The zero-order valence-corrected chi connectivity index (χ0v) is 11.2. The lowest BCUT2D eigenvalue weighted by atomic mass is 9.87. The molecule has 17 heavy (non-hydrogen) atoms. The molecule has 1 rings (SSSR count). The van der Waals surface area contributed by atoms with Crippen LogP contribution in [0.4, 0.5) is 0 Å². The molecular formula is C11H21NO4S. The van der Waals surface area contributed by atoms with E-state index in [2.05, 4.69) is 0 Å². The topological polar surface area (TPSA) is 74.7 Å². The Balaban J connectivity index is 2.24. The molecule has 1 N–H and O–H groups in total. The molecule has 1 fully saturated rings. The SMILES string of the molecule is CCCS(=O)(=O)CCN1CC(C(C)C(=O)O)C1. The number of aliphatic carboxylic acids is 1. The summed E-state index contributed by atoms with van der Waals surface area (Å²) >= 11 is 0. The molecule has 0 aromatic heterocycles. The van der Waals surface area contributed by atoms with Crippen molar-refractivity contribution in [2.45, 2.75) is 20.3 Å². The summed E-state index contributed by atoms with van der Waals surface area (Å²) in [6.07, 6.45) is 0.654. The van der Waals surface area contributed by atoms with Gasteiger partial charge in [-0.25, -0.2) is 8.42 Å². The highest BCUT2D eigenvalue weighted by molar-refractivity contribution is 7.91. The third-order valence-electron chi connectivity index (χ3n) is 3.32.